The van der Waals surface area contributed by atoms with E-state index in [4.69, 9.17) is 10.3 Å². The zero-order chi connectivity index (χ0) is 11.4. The lowest BCUT2D eigenvalue weighted by Crippen LogP contribution is -1.85. The Morgan fingerprint density at radius 1 is 1.25 bits per heavy atom. The van der Waals surface area contributed by atoms with Gasteiger partial charge in [-0.1, -0.05) is 42.8 Å². The fourth-order valence-electron chi connectivity index (χ4n) is 1.65. The van der Waals surface area contributed by atoms with Gasteiger partial charge in [-0.2, -0.15) is 0 Å². The van der Waals surface area contributed by atoms with Crippen LogP contribution in [0.25, 0.3) is 11.3 Å². The quantitative estimate of drug-likeness (QED) is 0.853. The fourth-order valence-corrected chi connectivity index (χ4v) is 1.65. The minimum absolute atomic E-state index is 0.352. The van der Waals surface area contributed by atoms with Gasteiger partial charge in [0.15, 0.2) is 0 Å². The largest absolute Gasteiger partial charge is 0.368 e. The Morgan fingerprint density at radius 2 is 2.00 bits per heavy atom. The van der Waals surface area contributed by atoms with Crippen LogP contribution < -0.4 is 5.73 Å². The normalized spacial score (nSPS) is 10.6. The number of anilines is 1. The third kappa shape index (κ3) is 2.42. The van der Waals surface area contributed by atoms with Gasteiger partial charge in [-0.25, -0.2) is 0 Å². The van der Waals surface area contributed by atoms with Crippen molar-refractivity contribution < 1.29 is 4.52 Å². The van der Waals surface area contributed by atoms with Gasteiger partial charge in [-0.3, -0.25) is 0 Å². The lowest BCUT2D eigenvalue weighted by Gasteiger charge is -2.00. The van der Waals surface area contributed by atoms with Crippen molar-refractivity contribution in [2.75, 3.05) is 5.73 Å². The van der Waals surface area contributed by atoms with Gasteiger partial charge < -0.3 is 10.3 Å². The van der Waals surface area contributed by atoms with Gasteiger partial charge >= 0.3 is 0 Å². The molecular formula is C13H16N2O. The Morgan fingerprint density at radius 3 is 2.56 bits per heavy atom. The molecule has 3 nitrogen and oxygen atoms in total. The number of rotatable bonds is 4. The lowest BCUT2D eigenvalue weighted by atomic mass is 10.1. The predicted molar refractivity (Wildman–Crippen MR) is 65.0 cm³/mol. The molecule has 0 aliphatic carbocycles. The highest BCUT2D eigenvalue weighted by molar-refractivity contribution is 5.61. The van der Waals surface area contributed by atoms with Crippen molar-refractivity contribution in [3.05, 3.63) is 35.9 Å². The number of nitrogen functional groups attached to an aromatic ring is 1. The first-order valence-corrected chi connectivity index (χ1v) is 5.61. The Kier molecular flexibility index (Phi) is 3.25. The van der Waals surface area contributed by atoms with Crippen molar-refractivity contribution in [1.29, 1.82) is 0 Å². The van der Waals surface area contributed by atoms with Crippen LogP contribution in [-0.4, -0.2) is 5.16 Å². The van der Waals surface area contributed by atoms with Gasteiger partial charge in [0.25, 0.3) is 0 Å². The van der Waals surface area contributed by atoms with Crippen LogP contribution in [0.1, 0.15) is 25.3 Å². The van der Waals surface area contributed by atoms with Crippen LogP contribution in [-0.2, 0) is 6.42 Å². The molecule has 2 rings (SSSR count). The second-order valence-electron chi connectivity index (χ2n) is 3.91. The van der Waals surface area contributed by atoms with Crippen LogP contribution >= 0.6 is 0 Å². The summed E-state index contributed by atoms with van der Waals surface area (Å²) in [6, 6.07) is 10.1. The SMILES string of the molecule is CCCCc1ccc(-c2cc(N)on2)cc1. The highest BCUT2D eigenvalue weighted by atomic mass is 16.5. The molecule has 0 fully saturated rings. The summed E-state index contributed by atoms with van der Waals surface area (Å²) < 4.78 is 4.84. The molecule has 2 aromatic rings. The van der Waals surface area contributed by atoms with Gasteiger partial charge in [0.2, 0.25) is 5.88 Å². The molecule has 0 unspecified atom stereocenters. The summed E-state index contributed by atoms with van der Waals surface area (Å²) in [7, 11) is 0. The fraction of sp³-hybridized carbons (Fsp3) is 0.308. The number of nitrogens with zero attached hydrogens (tertiary/aromatic N) is 1. The number of aromatic nitrogens is 1. The molecule has 0 atom stereocenters. The standard InChI is InChI=1S/C13H16N2O/c1-2-3-4-10-5-7-11(8-6-10)12-9-13(14)16-15-12/h5-9H,2-4,14H2,1H3. The summed E-state index contributed by atoms with van der Waals surface area (Å²) in [5, 5.41) is 3.88. The molecule has 1 aromatic heterocycles. The Labute approximate surface area is 95.3 Å². The molecule has 1 heterocycles. The minimum Gasteiger partial charge on any atom is -0.368 e. The number of benzene rings is 1. The van der Waals surface area contributed by atoms with Crippen LogP contribution in [0.2, 0.25) is 0 Å². The van der Waals surface area contributed by atoms with Gasteiger partial charge in [-0.15, -0.1) is 0 Å². The minimum atomic E-state index is 0.352. The highest BCUT2D eigenvalue weighted by Crippen LogP contribution is 2.20. The summed E-state index contributed by atoms with van der Waals surface area (Å²) in [4.78, 5) is 0. The van der Waals surface area contributed by atoms with E-state index in [0.29, 0.717) is 5.88 Å². The van der Waals surface area contributed by atoms with E-state index in [1.54, 1.807) is 6.07 Å². The first-order chi connectivity index (χ1) is 7.79. The molecule has 0 aliphatic heterocycles. The van der Waals surface area contributed by atoms with Crippen molar-refractivity contribution in [1.82, 2.24) is 5.16 Å². The first-order valence-electron chi connectivity index (χ1n) is 5.61. The average Bonchev–Trinajstić information content (AvgIpc) is 2.74. The summed E-state index contributed by atoms with van der Waals surface area (Å²) in [6.45, 7) is 2.20. The van der Waals surface area contributed by atoms with Gasteiger partial charge in [0, 0.05) is 11.6 Å². The molecule has 84 valence electrons. The van der Waals surface area contributed by atoms with Gasteiger partial charge in [0.1, 0.15) is 5.69 Å². The molecule has 16 heavy (non-hydrogen) atoms. The molecule has 0 spiro atoms. The van der Waals surface area contributed by atoms with E-state index in [2.05, 4.69) is 36.3 Å². The topological polar surface area (TPSA) is 52.0 Å². The van der Waals surface area contributed by atoms with Gasteiger partial charge in [-0.05, 0) is 18.4 Å². The highest BCUT2D eigenvalue weighted by Gasteiger charge is 2.03. The van der Waals surface area contributed by atoms with E-state index in [0.717, 1.165) is 17.7 Å². The van der Waals surface area contributed by atoms with E-state index >= 15 is 0 Å². The lowest BCUT2D eigenvalue weighted by molar-refractivity contribution is 0.439. The van der Waals surface area contributed by atoms with Crippen LogP contribution in [0, 0.1) is 0 Å². The average molecular weight is 216 g/mol. The van der Waals surface area contributed by atoms with Crippen molar-refractivity contribution >= 4 is 5.88 Å². The Bertz CT molecular complexity index is 445. The maximum Gasteiger partial charge on any atom is 0.222 e. The van der Waals surface area contributed by atoms with Crippen LogP contribution in [0.3, 0.4) is 0 Å². The van der Waals surface area contributed by atoms with E-state index in [1.807, 2.05) is 0 Å². The van der Waals surface area contributed by atoms with Gasteiger partial charge in [0.05, 0.1) is 0 Å². The van der Waals surface area contributed by atoms with Crippen LogP contribution in [0.4, 0.5) is 5.88 Å². The van der Waals surface area contributed by atoms with E-state index in [9.17, 15) is 0 Å². The number of unbranched alkanes of at least 4 members (excludes halogenated alkanes) is 1. The Balaban J connectivity index is 2.13. The number of aryl methyl sites for hydroxylation is 1. The molecule has 0 saturated carbocycles. The molecular weight excluding hydrogens is 200 g/mol. The van der Waals surface area contributed by atoms with E-state index < -0.39 is 0 Å². The molecule has 0 aliphatic rings. The van der Waals surface area contributed by atoms with Crippen molar-refractivity contribution in [3.63, 3.8) is 0 Å². The van der Waals surface area contributed by atoms with Crippen LogP contribution in [0.5, 0.6) is 0 Å². The summed E-state index contributed by atoms with van der Waals surface area (Å²) in [5.41, 5.74) is 8.68. The number of hydrogen-bond donors (Lipinski definition) is 1. The smallest absolute Gasteiger partial charge is 0.222 e. The molecule has 3 heteroatoms. The third-order valence-electron chi connectivity index (χ3n) is 2.60. The van der Waals surface area contributed by atoms with Crippen LogP contribution in [0.15, 0.2) is 34.9 Å². The summed E-state index contributed by atoms with van der Waals surface area (Å²) in [5.74, 6) is 0.352. The zero-order valence-electron chi connectivity index (χ0n) is 9.44. The zero-order valence-corrected chi connectivity index (χ0v) is 9.44. The summed E-state index contributed by atoms with van der Waals surface area (Å²) >= 11 is 0. The Hall–Kier alpha value is -1.77. The molecule has 1 aromatic carbocycles. The van der Waals surface area contributed by atoms with E-state index in [-0.39, 0.29) is 0 Å². The molecule has 0 amide bonds. The first kappa shape index (κ1) is 10.7. The number of nitrogens with two attached hydrogens (primary N) is 1. The molecule has 0 radical (unpaired) electrons. The van der Waals surface area contributed by atoms with E-state index in [1.165, 1.54) is 18.4 Å². The summed E-state index contributed by atoms with van der Waals surface area (Å²) in [6.07, 6.45) is 3.59. The maximum atomic E-state index is 5.48. The predicted octanol–water partition coefficient (Wildman–Crippen LogP) is 3.27. The number of hydrogen-bond acceptors (Lipinski definition) is 3. The molecule has 2 N–H and O–H groups in total. The van der Waals surface area contributed by atoms with Crippen molar-refractivity contribution in [2.24, 2.45) is 0 Å². The van der Waals surface area contributed by atoms with Crippen molar-refractivity contribution in [2.45, 2.75) is 26.2 Å². The molecule has 0 saturated heterocycles. The monoisotopic (exact) mass is 216 g/mol. The second-order valence-corrected chi connectivity index (χ2v) is 3.91. The molecule has 0 bridgehead atoms. The maximum absolute atomic E-state index is 5.48. The second kappa shape index (κ2) is 4.84. The third-order valence-corrected chi connectivity index (χ3v) is 2.60. The van der Waals surface area contributed by atoms with Crippen molar-refractivity contribution in [3.8, 4) is 11.3 Å².